The van der Waals surface area contributed by atoms with E-state index in [0.29, 0.717) is 11.6 Å². The van der Waals surface area contributed by atoms with Gasteiger partial charge < -0.3 is 19.9 Å². The average molecular weight is 444 g/mol. The number of carbonyl (C=O) groups excluding carboxylic acids is 1. The number of rotatable bonds is 5. The fraction of sp³-hybridized carbons (Fsp3) is 0.393. The van der Waals surface area contributed by atoms with E-state index in [2.05, 4.69) is 47.2 Å². The van der Waals surface area contributed by atoms with Crippen molar-refractivity contribution in [3.8, 4) is 5.75 Å². The molecule has 0 spiro atoms. The maximum atomic E-state index is 13.1. The van der Waals surface area contributed by atoms with E-state index in [9.17, 15) is 4.79 Å². The molecule has 0 unspecified atom stereocenters. The van der Waals surface area contributed by atoms with Gasteiger partial charge in [0.2, 0.25) is 0 Å². The maximum Gasteiger partial charge on any atom is 0.272 e. The van der Waals surface area contributed by atoms with Crippen molar-refractivity contribution in [3.05, 3.63) is 82.7 Å². The van der Waals surface area contributed by atoms with Gasteiger partial charge in [-0.3, -0.25) is 4.79 Å². The highest BCUT2D eigenvalue weighted by atomic mass is 16.5. The first-order valence-corrected chi connectivity index (χ1v) is 12.0. The van der Waals surface area contributed by atoms with Crippen molar-refractivity contribution in [2.45, 2.75) is 38.5 Å². The lowest BCUT2D eigenvalue weighted by Gasteiger charge is -2.51. The van der Waals surface area contributed by atoms with Crippen LogP contribution in [0.4, 0.5) is 5.69 Å². The minimum atomic E-state index is -0.0679. The third kappa shape index (κ3) is 3.84. The van der Waals surface area contributed by atoms with Gasteiger partial charge in [-0.25, -0.2) is 0 Å². The number of nitrogens with zero attached hydrogens (tertiary/aromatic N) is 1. The van der Waals surface area contributed by atoms with Gasteiger partial charge in [0.1, 0.15) is 11.4 Å². The van der Waals surface area contributed by atoms with Crippen molar-refractivity contribution in [3.63, 3.8) is 0 Å². The van der Waals surface area contributed by atoms with Gasteiger partial charge in [0, 0.05) is 23.3 Å². The molecular formula is C28H33N3O2. The van der Waals surface area contributed by atoms with Crippen LogP contribution >= 0.6 is 0 Å². The van der Waals surface area contributed by atoms with Crippen LogP contribution in [0.1, 0.15) is 46.2 Å². The van der Waals surface area contributed by atoms with Crippen LogP contribution in [0, 0.1) is 12.8 Å². The predicted molar refractivity (Wildman–Crippen MR) is 132 cm³/mol. The Labute approximate surface area is 196 Å². The summed E-state index contributed by atoms with van der Waals surface area (Å²) < 4.78 is 5.57. The molecule has 1 amide bonds. The number of anilines is 1. The van der Waals surface area contributed by atoms with Crippen LogP contribution in [-0.2, 0) is 18.3 Å². The lowest BCUT2D eigenvalue weighted by molar-refractivity contribution is 0.0848. The maximum absolute atomic E-state index is 13.1. The van der Waals surface area contributed by atoms with Gasteiger partial charge in [-0.05, 0) is 86.1 Å². The van der Waals surface area contributed by atoms with Gasteiger partial charge in [-0.1, -0.05) is 37.3 Å². The second-order valence-corrected chi connectivity index (χ2v) is 9.51. The normalized spacial score (nSPS) is 22.3. The minimum Gasteiger partial charge on any atom is -0.497 e. The largest absolute Gasteiger partial charge is 0.497 e. The summed E-state index contributed by atoms with van der Waals surface area (Å²) in [5.41, 5.74) is 6.55. The zero-order chi connectivity index (χ0) is 23.0. The molecule has 1 fully saturated rings. The number of aromatic amines is 1. The van der Waals surface area contributed by atoms with E-state index in [1.807, 2.05) is 36.4 Å². The van der Waals surface area contributed by atoms with Crippen LogP contribution in [0.5, 0.6) is 5.75 Å². The Morgan fingerprint density at radius 2 is 2.03 bits per heavy atom. The van der Waals surface area contributed by atoms with Gasteiger partial charge in [0.15, 0.2) is 0 Å². The summed E-state index contributed by atoms with van der Waals surface area (Å²) in [6.45, 7) is 7.60. The van der Waals surface area contributed by atoms with E-state index in [-0.39, 0.29) is 11.3 Å². The van der Waals surface area contributed by atoms with Crippen molar-refractivity contribution >= 4 is 11.6 Å². The Kier molecular flexibility index (Phi) is 5.75. The number of hydrogen-bond donors (Lipinski definition) is 2. The van der Waals surface area contributed by atoms with E-state index in [1.54, 1.807) is 7.11 Å². The number of para-hydroxylation sites is 1. The monoisotopic (exact) mass is 443 g/mol. The highest BCUT2D eigenvalue weighted by molar-refractivity contribution is 6.04. The zero-order valence-corrected chi connectivity index (χ0v) is 19.8. The van der Waals surface area contributed by atoms with E-state index in [4.69, 9.17) is 4.74 Å². The summed E-state index contributed by atoms with van der Waals surface area (Å²) in [6.07, 6.45) is 3.03. The summed E-state index contributed by atoms with van der Waals surface area (Å²) in [4.78, 5) is 19.2. The van der Waals surface area contributed by atoms with Gasteiger partial charge in [-0.2, -0.15) is 0 Å². The highest BCUT2D eigenvalue weighted by Crippen LogP contribution is 2.49. The van der Waals surface area contributed by atoms with Crippen LogP contribution in [-0.4, -0.2) is 42.5 Å². The number of carbonyl (C=O) groups is 1. The van der Waals surface area contributed by atoms with Crippen LogP contribution in [0.15, 0.2) is 54.6 Å². The van der Waals surface area contributed by atoms with Gasteiger partial charge >= 0.3 is 0 Å². The Bertz CT molecular complexity index is 1150. The summed E-state index contributed by atoms with van der Waals surface area (Å²) in [5, 5.41) is 3.05. The molecule has 1 saturated heterocycles. The average Bonchev–Trinajstić information content (AvgIpc) is 3.17. The summed E-state index contributed by atoms with van der Waals surface area (Å²) in [5.74, 6) is 1.35. The summed E-state index contributed by atoms with van der Waals surface area (Å²) in [7, 11) is 1.74. The van der Waals surface area contributed by atoms with Crippen molar-refractivity contribution in [2.24, 2.45) is 5.92 Å². The number of H-pyrrole nitrogens is 1. The third-order valence-corrected chi connectivity index (χ3v) is 7.90. The molecule has 0 saturated carbocycles. The second kappa shape index (κ2) is 8.71. The standard InChI is InChI=1S/C28H33N3O2/c1-4-31-14-13-28(20-9-8-12-23(15-20)33-3)17-25-24(16-21(28)18-31)19(2)26(30-25)27(32)29-22-10-6-5-7-11-22/h5-12,15,21,30H,4,13-14,16-18H2,1-3H3,(H,29,32)/t21-,28+/m1/s1. The number of nitrogens with one attached hydrogen (secondary N) is 2. The van der Waals surface area contributed by atoms with Crippen molar-refractivity contribution < 1.29 is 9.53 Å². The summed E-state index contributed by atoms with van der Waals surface area (Å²) in [6, 6.07) is 18.3. The number of fused-ring (bicyclic) bond motifs is 2. The molecule has 0 bridgehead atoms. The number of benzene rings is 2. The smallest absolute Gasteiger partial charge is 0.272 e. The van der Waals surface area contributed by atoms with Crippen LogP contribution in [0.25, 0.3) is 0 Å². The van der Waals surface area contributed by atoms with Crippen LogP contribution in [0.3, 0.4) is 0 Å². The Balaban J connectivity index is 1.52. The van der Waals surface area contributed by atoms with E-state index in [0.717, 1.165) is 55.9 Å². The van der Waals surface area contributed by atoms with Crippen LogP contribution < -0.4 is 10.1 Å². The molecule has 1 aliphatic carbocycles. The molecule has 5 rings (SSSR count). The number of aromatic nitrogens is 1. The minimum absolute atomic E-state index is 0.0533. The lowest BCUT2D eigenvalue weighted by Crippen LogP contribution is -2.53. The van der Waals surface area contributed by atoms with Crippen molar-refractivity contribution in [1.82, 2.24) is 9.88 Å². The number of amides is 1. The Morgan fingerprint density at radius 1 is 1.21 bits per heavy atom. The van der Waals surface area contributed by atoms with Gasteiger partial charge in [0.05, 0.1) is 7.11 Å². The number of hydrogen-bond acceptors (Lipinski definition) is 3. The molecule has 2 aliphatic rings. The number of piperidine rings is 1. The topological polar surface area (TPSA) is 57.4 Å². The zero-order valence-electron chi connectivity index (χ0n) is 19.8. The molecule has 0 radical (unpaired) electrons. The Hall–Kier alpha value is -3.05. The summed E-state index contributed by atoms with van der Waals surface area (Å²) >= 11 is 0. The van der Waals surface area contributed by atoms with Crippen LogP contribution in [0.2, 0.25) is 0 Å². The van der Waals surface area contributed by atoms with E-state index in [1.165, 1.54) is 16.8 Å². The first kappa shape index (κ1) is 21.8. The fourth-order valence-electron chi connectivity index (χ4n) is 5.96. The van der Waals surface area contributed by atoms with Crippen molar-refractivity contribution in [1.29, 1.82) is 0 Å². The molecule has 2 atom stereocenters. The highest BCUT2D eigenvalue weighted by Gasteiger charge is 2.48. The molecule has 2 aromatic carbocycles. The first-order chi connectivity index (χ1) is 16.0. The lowest BCUT2D eigenvalue weighted by atomic mass is 9.58. The fourth-order valence-corrected chi connectivity index (χ4v) is 5.96. The third-order valence-electron chi connectivity index (χ3n) is 7.90. The Morgan fingerprint density at radius 3 is 2.79 bits per heavy atom. The molecule has 5 nitrogen and oxygen atoms in total. The SMILES string of the molecule is CCN1CC[C@@]2(c3cccc(OC)c3)Cc3[nH]c(C(=O)Nc4ccccc4)c(C)c3C[C@@H]2C1. The number of ether oxygens (including phenoxy) is 1. The van der Waals surface area contributed by atoms with E-state index >= 15 is 0 Å². The predicted octanol–water partition coefficient (Wildman–Crippen LogP) is 4.96. The number of methoxy groups -OCH3 is 1. The van der Waals surface area contributed by atoms with Crippen molar-refractivity contribution in [2.75, 3.05) is 32.1 Å². The van der Waals surface area contributed by atoms with Gasteiger partial charge in [-0.15, -0.1) is 0 Å². The second-order valence-electron chi connectivity index (χ2n) is 9.51. The molecule has 2 N–H and O–H groups in total. The first-order valence-electron chi connectivity index (χ1n) is 12.0. The molecule has 33 heavy (non-hydrogen) atoms. The molecule has 1 aliphatic heterocycles. The van der Waals surface area contributed by atoms with E-state index < -0.39 is 0 Å². The molecule has 3 aromatic rings. The molecule has 172 valence electrons. The molecule has 2 heterocycles. The van der Waals surface area contributed by atoms with Gasteiger partial charge in [0.25, 0.3) is 5.91 Å². The number of likely N-dealkylation sites (tertiary alicyclic amines) is 1. The molecule has 1 aromatic heterocycles. The molecule has 5 heteroatoms. The molecular weight excluding hydrogens is 410 g/mol. The quantitative estimate of drug-likeness (QED) is 0.586.